The molecule has 33 heavy (non-hydrogen) atoms. The largest absolute Gasteiger partial charge is 0.393 e. The molecule has 3 fully saturated rings. The van der Waals surface area contributed by atoms with Gasteiger partial charge in [0.25, 0.3) is 11.8 Å². The number of carbonyl (C=O) groups excluding carboxylic acids is 3. The maximum Gasteiger partial charge on any atom is 0.259 e. The molecule has 0 bridgehead atoms. The summed E-state index contributed by atoms with van der Waals surface area (Å²) in [6.45, 7) is 3.99. The zero-order chi connectivity index (χ0) is 23.6. The van der Waals surface area contributed by atoms with E-state index in [9.17, 15) is 24.6 Å². The Morgan fingerprint density at radius 1 is 1.12 bits per heavy atom. The lowest BCUT2D eigenvalue weighted by molar-refractivity contribution is -0.177. The van der Waals surface area contributed by atoms with E-state index in [-0.39, 0.29) is 36.4 Å². The number of aliphatic hydroxyl groups excluding tert-OH is 1. The molecular formula is C27H31NO5. The molecule has 7 atom stereocenters. The summed E-state index contributed by atoms with van der Waals surface area (Å²) >= 11 is 0. The summed E-state index contributed by atoms with van der Waals surface area (Å²) < 4.78 is 0. The number of hydrogen-bond acceptors (Lipinski definition) is 5. The van der Waals surface area contributed by atoms with E-state index in [2.05, 4.69) is 12.2 Å². The molecule has 5 unspecified atom stereocenters. The lowest BCUT2D eigenvalue weighted by Crippen LogP contribution is -2.63. The number of amides is 2. The minimum atomic E-state index is -1.73. The van der Waals surface area contributed by atoms with Gasteiger partial charge < -0.3 is 10.2 Å². The maximum atomic E-state index is 13.3. The van der Waals surface area contributed by atoms with Crippen molar-refractivity contribution < 1.29 is 24.6 Å². The van der Waals surface area contributed by atoms with E-state index in [1.807, 2.05) is 13.0 Å². The fraction of sp³-hybridized carbons (Fsp3) is 0.519. The van der Waals surface area contributed by atoms with Crippen molar-refractivity contribution in [2.45, 2.75) is 57.7 Å². The molecule has 3 N–H and O–H groups in total. The highest BCUT2D eigenvalue weighted by atomic mass is 16.3. The molecule has 0 saturated heterocycles. The van der Waals surface area contributed by atoms with Crippen LogP contribution in [-0.4, -0.2) is 39.5 Å². The number of aliphatic hydroxyl groups is 2. The van der Waals surface area contributed by atoms with Gasteiger partial charge in [-0.2, -0.15) is 0 Å². The number of carbonyl (C=O) groups is 3. The third-order valence-corrected chi connectivity index (χ3v) is 9.29. The third kappa shape index (κ3) is 3.11. The van der Waals surface area contributed by atoms with E-state index in [4.69, 9.17) is 0 Å². The first-order valence-corrected chi connectivity index (χ1v) is 11.9. The minimum Gasteiger partial charge on any atom is -0.393 e. The number of fused-ring (bicyclic) bond motifs is 5. The lowest BCUT2D eigenvalue weighted by Gasteiger charge is -2.59. The lowest BCUT2D eigenvalue weighted by atomic mass is 9.46. The summed E-state index contributed by atoms with van der Waals surface area (Å²) in [6, 6.07) is 8.47. The molecule has 174 valence electrons. The first-order valence-electron chi connectivity index (χ1n) is 11.9. The molecule has 0 aliphatic heterocycles. The molecule has 6 heteroatoms. The molecule has 3 saturated carbocycles. The Bertz CT molecular complexity index is 1080. The molecule has 4 aliphatic carbocycles. The van der Waals surface area contributed by atoms with Gasteiger partial charge in [-0.25, -0.2) is 0 Å². The zero-order valence-corrected chi connectivity index (χ0v) is 19.1. The molecule has 1 aromatic rings. The topological polar surface area (TPSA) is 104 Å². The van der Waals surface area contributed by atoms with Crippen LogP contribution in [0.2, 0.25) is 0 Å². The summed E-state index contributed by atoms with van der Waals surface area (Å²) in [5.74, 6) is -1.14. The summed E-state index contributed by atoms with van der Waals surface area (Å²) in [5, 5.41) is 25.5. The summed E-state index contributed by atoms with van der Waals surface area (Å²) in [6.07, 6.45) is 7.29. The predicted molar refractivity (Wildman–Crippen MR) is 122 cm³/mol. The molecule has 0 radical (unpaired) electrons. The molecule has 0 aromatic heterocycles. The van der Waals surface area contributed by atoms with Crippen molar-refractivity contribution in [2.24, 2.45) is 28.6 Å². The van der Waals surface area contributed by atoms with Crippen molar-refractivity contribution >= 4 is 17.6 Å². The monoisotopic (exact) mass is 449 g/mol. The highest BCUT2D eigenvalue weighted by molar-refractivity contribution is 6.07. The van der Waals surface area contributed by atoms with Crippen LogP contribution in [0.25, 0.3) is 0 Å². The standard InChI is InChI=1S/C27H31NO5/c1-25-12-10-18(29)14-17(25)8-9-19-20-11-13-27(33,26(20,2)15-21(30)22(19)25)24(32)28-23(31)16-6-4-3-5-7-16/h3-7,10,12,14,19-22,30,33H,8-9,11,13,15H2,1-2H3,(H,28,31,32)/t19?,20?,21-,22?,25?,26?,27-/m0/s1. The van der Waals surface area contributed by atoms with Gasteiger partial charge in [-0.1, -0.05) is 43.7 Å². The average molecular weight is 450 g/mol. The Morgan fingerprint density at radius 3 is 2.58 bits per heavy atom. The number of benzene rings is 1. The highest BCUT2D eigenvalue weighted by Gasteiger charge is 2.68. The van der Waals surface area contributed by atoms with Gasteiger partial charge in [0, 0.05) is 22.3 Å². The Morgan fingerprint density at radius 2 is 1.85 bits per heavy atom. The van der Waals surface area contributed by atoms with E-state index < -0.39 is 34.3 Å². The first-order chi connectivity index (χ1) is 15.6. The second kappa shape index (κ2) is 7.47. The quantitative estimate of drug-likeness (QED) is 0.603. The fourth-order valence-corrected chi connectivity index (χ4v) is 7.57. The van der Waals surface area contributed by atoms with Gasteiger partial charge in [-0.15, -0.1) is 0 Å². The van der Waals surface area contributed by atoms with Crippen LogP contribution in [0.3, 0.4) is 0 Å². The fourth-order valence-electron chi connectivity index (χ4n) is 7.57. The van der Waals surface area contributed by atoms with Gasteiger partial charge in [-0.3, -0.25) is 19.7 Å². The van der Waals surface area contributed by atoms with Crippen LogP contribution in [0, 0.1) is 28.6 Å². The van der Waals surface area contributed by atoms with Gasteiger partial charge >= 0.3 is 0 Å². The molecular weight excluding hydrogens is 418 g/mol. The van der Waals surface area contributed by atoms with Crippen LogP contribution >= 0.6 is 0 Å². The van der Waals surface area contributed by atoms with E-state index in [1.54, 1.807) is 42.5 Å². The first kappa shape index (κ1) is 22.2. The third-order valence-electron chi connectivity index (χ3n) is 9.29. The number of imide groups is 1. The minimum absolute atomic E-state index is 0.00828. The second-order valence-electron chi connectivity index (χ2n) is 10.8. The van der Waals surface area contributed by atoms with E-state index in [0.717, 1.165) is 18.4 Å². The molecule has 1 aromatic carbocycles. The van der Waals surface area contributed by atoms with Gasteiger partial charge in [-0.05, 0) is 68.2 Å². The van der Waals surface area contributed by atoms with E-state index in [0.29, 0.717) is 12.0 Å². The summed E-state index contributed by atoms with van der Waals surface area (Å²) in [5.41, 5.74) is -1.55. The number of allylic oxidation sites excluding steroid dienone is 4. The molecule has 0 heterocycles. The number of ketones is 1. The van der Waals surface area contributed by atoms with Crippen molar-refractivity contribution in [3.8, 4) is 0 Å². The number of hydrogen-bond donors (Lipinski definition) is 3. The van der Waals surface area contributed by atoms with Gasteiger partial charge in [0.05, 0.1) is 6.10 Å². The van der Waals surface area contributed by atoms with E-state index in [1.165, 1.54) is 0 Å². The summed E-state index contributed by atoms with van der Waals surface area (Å²) in [4.78, 5) is 37.8. The zero-order valence-electron chi connectivity index (χ0n) is 19.1. The number of nitrogens with one attached hydrogen (secondary N) is 1. The van der Waals surface area contributed by atoms with Crippen LogP contribution in [0.1, 0.15) is 56.3 Å². The Labute approximate surface area is 193 Å². The van der Waals surface area contributed by atoms with E-state index >= 15 is 0 Å². The van der Waals surface area contributed by atoms with Gasteiger partial charge in [0.15, 0.2) is 5.78 Å². The van der Waals surface area contributed by atoms with Crippen molar-refractivity contribution in [1.82, 2.24) is 5.32 Å². The summed E-state index contributed by atoms with van der Waals surface area (Å²) in [7, 11) is 0. The van der Waals surface area contributed by atoms with Crippen molar-refractivity contribution in [1.29, 1.82) is 0 Å². The van der Waals surface area contributed by atoms with Crippen LogP contribution in [0.15, 0.2) is 54.1 Å². The highest BCUT2D eigenvalue weighted by Crippen LogP contribution is 2.66. The molecule has 2 amide bonds. The smallest absolute Gasteiger partial charge is 0.259 e. The van der Waals surface area contributed by atoms with Crippen LogP contribution in [-0.2, 0) is 9.59 Å². The average Bonchev–Trinajstić information content (AvgIpc) is 3.06. The second-order valence-corrected chi connectivity index (χ2v) is 10.8. The SMILES string of the molecule is CC12C=CC(=O)C=C1CCC1C2[C@@H](O)CC2(C)C1CC[C@]2(O)C(=O)NC(=O)c1ccccc1. The van der Waals surface area contributed by atoms with Crippen molar-refractivity contribution in [2.75, 3.05) is 0 Å². The molecule has 6 nitrogen and oxygen atoms in total. The predicted octanol–water partition coefficient (Wildman–Crippen LogP) is 2.95. The van der Waals surface area contributed by atoms with Crippen molar-refractivity contribution in [3.05, 3.63) is 59.7 Å². The Hall–Kier alpha value is -2.57. The maximum absolute atomic E-state index is 13.3. The molecule has 4 aliphatic rings. The Kier molecular flexibility index (Phi) is 5.03. The van der Waals surface area contributed by atoms with Crippen LogP contribution < -0.4 is 5.32 Å². The van der Waals surface area contributed by atoms with Gasteiger partial charge in [0.2, 0.25) is 0 Å². The molecule has 0 spiro atoms. The number of rotatable bonds is 2. The van der Waals surface area contributed by atoms with Gasteiger partial charge in [0.1, 0.15) is 5.60 Å². The molecule has 5 rings (SSSR count). The normalized spacial score (nSPS) is 41.5. The van der Waals surface area contributed by atoms with Crippen LogP contribution in [0.5, 0.6) is 0 Å². The Balaban J connectivity index is 1.43. The van der Waals surface area contributed by atoms with Crippen molar-refractivity contribution in [3.63, 3.8) is 0 Å². The van der Waals surface area contributed by atoms with Crippen LogP contribution in [0.4, 0.5) is 0 Å².